The lowest BCUT2D eigenvalue weighted by Crippen LogP contribution is -2.30. The fourth-order valence-electron chi connectivity index (χ4n) is 1.44. The molecule has 5 nitrogen and oxygen atoms in total. The van der Waals surface area contributed by atoms with E-state index >= 15 is 0 Å². The quantitative estimate of drug-likeness (QED) is 0.830. The van der Waals surface area contributed by atoms with Crippen molar-refractivity contribution >= 4 is 29.3 Å². The molecule has 2 rings (SSSR count). The molecular weight excluding hydrogens is 284 g/mol. The Labute approximate surface area is 120 Å². The van der Waals surface area contributed by atoms with Gasteiger partial charge in [0.15, 0.2) is 5.16 Å². The fraction of sp³-hybridized carbons (Fsp3) is 0.250. The molecule has 0 spiro atoms. The van der Waals surface area contributed by atoms with E-state index in [1.807, 2.05) is 25.1 Å². The normalized spacial score (nSPS) is 12.1. The van der Waals surface area contributed by atoms with Gasteiger partial charge in [-0.3, -0.25) is 9.89 Å². The van der Waals surface area contributed by atoms with E-state index in [0.717, 1.165) is 5.56 Å². The van der Waals surface area contributed by atoms with Gasteiger partial charge in [0.25, 0.3) is 0 Å². The number of benzene rings is 1. The number of halogens is 1. The SMILES string of the molecule is C[C@H](Sc1ncn[nH]1)C(=O)NCc1ccccc1Cl. The van der Waals surface area contributed by atoms with E-state index in [9.17, 15) is 4.79 Å². The number of H-pyrrole nitrogens is 1. The van der Waals surface area contributed by atoms with Crippen molar-refractivity contribution in [2.75, 3.05) is 0 Å². The first-order chi connectivity index (χ1) is 9.16. The van der Waals surface area contributed by atoms with Crippen LogP contribution in [0.3, 0.4) is 0 Å². The first-order valence-electron chi connectivity index (χ1n) is 5.70. The van der Waals surface area contributed by atoms with Gasteiger partial charge in [-0.05, 0) is 18.6 Å². The van der Waals surface area contributed by atoms with Gasteiger partial charge in [-0.25, -0.2) is 4.98 Å². The number of amides is 1. The van der Waals surface area contributed by atoms with Crippen molar-refractivity contribution in [1.29, 1.82) is 0 Å². The smallest absolute Gasteiger partial charge is 0.233 e. The van der Waals surface area contributed by atoms with Gasteiger partial charge in [-0.2, -0.15) is 5.10 Å². The number of aromatic amines is 1. The predicted molar refractivity (Wildman–Crippen MR) is 75.0 cm³/mol. The summed E-state index contributed by atoms with van der Waals surface area (Å²) in [6.07, 6.45) is 1.41. The number of carbonyl (C=O) groups is 1. The maximum absolute atomic E-state index is 11.9. The van der Waals surface area contributed by atoms with Crippen LogP contribution in [0.2, 0.25) is 5.02 Å². The van der Waals surface area contributed by atoms with Crippen molar-refractivity contribution < 1.29 is 4.79 Å². The molecule has 1 amide bonds. The summed E-state index contributed by atoms with van der Waals surface area (Å²) in [5.41, 5.74) is 0.898. The number of hydrogen-bond acceptors (Lipinski definition) is 4. The van der Waals surface area contributed by atoms with E-state index in [2.05, 4.69) is 20.5 Å². The van der Waals surface area contributed by atoms with Crippen LogP contribution >= 0.6 is 23.4 Å². The zero-order valence-electron chi connectivity index (χ0n) is 10.3. The van der Waals surface area contributed by atoms with E-state index in [4.69, 9.17) is 11.6 Å². The minimum Gasteiger partial charge on any atom is -0.351 e. The Morgan fingerprint density at radius 3 is 3.00 bits per heavy atom. The van der Waals surface area contributed by atoms with Crippen LogP contribution in [-0.2, 0) is 11.3 Å². The second kappa shape index (κ2) is 6.58. The molecule has 1 aromatic carbocycles. The molecule has 0 aliphatic rings. The van der Waals surface area contributed by atoms with E-state index in [0.29, 0.717) is 16.7 Å². The molecule has 0 aliphatic carbocycles. The average molecular weight is 297 g/mol. The van der Waals surface area contributed by atoms with Gasteiger partial charge >= 0.3 is 0 Å². The van der Waals surface area contributed by atoms with Crippen LogP contribution in [0.4, 0.5) is 0 Å². The van der Waals surface area contributed by atoms with Gasteiger partial charge in [-0.15, -0.1) is 0 Å². The summed E-state index contributed by atoms with van der Waals surface area (Å²) in [6, 6.07) is 7.43. The first kappa shape index (κ1) is 13.9. The Kier molecular flexibility index (Phi) is 4.81. The van der Waals surface area contributed by atoms with Crippen molar-refractivity contribution in [3.05, 3.63) is 41.2 Å². The summed E-state index contributed by atoms with van der Waals surface area (Å²) in [5, 5.41) is 10.3. The molecule has 1 aromatic heterocycles. The lowest BCUT2D eigenvalue weighted by molar-refractivity contribution is -0.120. The highest BCUT2D eigenvalue weighted by atomic mass is 35.5. The van der Waals surface area contributed by atoms with Crippen LogP contribution in [0.5, 0.6) is 0 Å². The molecule has 0 saturated carbocycles. The molecule has 19 heavy (non-hydrogen) atoms. The summed E-state index contributed by atoms with van der Waals surface area (Å²) in [6.45, 7) is 2.23. The highest BCUT2D eigenvalue weighted by Gasteiger charge is 2.15. The molecule has 0 aliphatic heterocycles. The third-order valence-corrected chi connectivity index (χ3v) is 3.82. The van der Waals surface area contributed by atoms with E-state index in [1.54, 1.807) is 6.07 Å². The van der Waals surface area contributed by atoms with Gasteiger partial charge in [0.1, 0.15) is 6.33 Å². The van der Waals surface area contributed by atoms with Gasteiger partial charge in [0, 0.05) is 11.6 Å². The highest BCUT2D eigenvalue weighted by molar-refractivity contribution is 8.00. The molecule has 2 aromatic rings. The lowest BCUT2D eigenvalue weighted by atomic mass is 10.2. The molecule has 7 heteroatoms. The minimum atomic E-state index is -0.254. The number of rotatable bonds is 5. The average Bonchev–Trinajstić information content (AvgIpc) is 2.90. The van der Waals surface area contributed by atoms with Crippen LogP contribution < -0.4 is 5.32 Å². The Bertz CT molecular complexity index is 546. The topological polar surface area (TPSA) is 70.7 Å². The van der Waals surface area contributed by atoms with Gasteiger partial charge in [-0.1, -0.05) is 41.6 Å². The Balaban J connectivity index is 1.86. The van der Waals surface area contributed by atoms with Crippen molar-refractivity contribution in [2.24, 2.45) is 0 Å². The minimum absolute atomic E-state index is 0.0682. The maximum atomic E-state index is 11.9. The van der Waals surface area contributed by atoms with E-state index in [1.165, 1.54) is 18.1 Å². The van der Waals surface area contributed by atoms with Crippen molar-refractivity contribution in [3.63, 3.8) is 0 Å². The largest absolute Gasteiger partial charge is 0.351 e. The van der Waals surface area contributed by atoms with Gasteiger partial charge < -0.3 is 5.32 Å². The standard InChI is InChI=1S/C12H13ClN4OS/c1-8(19-12-15-7-16-17-12)11(18)14-6-9-4-2-3-5-10(9)13/h2-5,7-8H,6H2,1H3,(H,14,18)(H,15,16,17)/t8-/m0/s1. The first-order valence-corrected chi connectivity index (χ1v) is 6.95. The van der Waals surface area contributed by atoms with Crippen LogP contribution in [0, 0.1) is 0 Å². The van der Waals surface area contributed by atoms with E-state index in [-0.39, 0.29) is 11.2 Å². The monoisotopic (exact) mass is 296 g/mol. The maximum Gasteiger partial charge on any atom is 0.233 e. The molecule has 0 unspecified atom stereocenters. The highest BCUT2D eigenvalue weighted by Crippen LogP contribution is 2.19. The number of hydrogen-bond donors (Lipinski definition) is 2. The van der Waals surface area contributed by atoms with Crippen LogP contribution in [0.15, 0.2) is 35.7 Å². The summed E-state index contributed by atoms with van der Waals surface area (Å²) in [5.74, 6) is -0.0682. The Morgan fingerprint density at radius 1 is 1.53 bits per heavy atom. The summed E-state index contributed by atoms with van der Waals surface area (Å²) >= 11 is 7.35. The van der Waals surface area contributed by atoms with Crippen LogP contribution in [0.1, 0.15) is 12.5 Å². The summed E-state index contributed by atoms with van der Waals surface area (Å²) in [7, 11) is 0. The lowest BCUT2D eigenvalue weighted by Gasteiger charge is -2.11. The molecule has 1 atom stereocenters. The number of nitrogens with zero attached hydrogens (tertiary/aromatic N) is 2. The van der Waals surface area contributed by atoms with Crippen molar-refractivity contribution in [2.45, 2.75) is 23.9 Å². The number of thioether (sulfide) groups is 1. The Hall–Kier alpha value is -1.53. The van der Waals surface area contributed by atoms with Crippen LogP contribution in [0.25, 0.3) is 0 Å². The van der Waals surface area contributed by atoms with E-state index < -0.39 is 0 Å². The number of nitrogens with one attached hydrogen (secondary N) is 2. The third-order valence-electron chi connectivity index (χ3n) is 2.46. The molecule has 0 fully saturated rings. The fourth-order valence-corrected chi connectivity index (χ4v) is 2.38. The number of aromatic nitrogens is 3. The third kappa shape index (κ3) is 3.97. The summed E-state index contributed by atoms with van der Waals surface area (Å²) < 4.78 is 0. The molecule has 1 heterocycles. The van der Waals surface area contributed by atoms with Crippen molar-refractivity contribution in [3.8, 4) is 0 Å². The molecule has 100 valence electrons. The second-order valence-corrected chi connectivity index (χ2v) is 5.60. The van der Waals surface area contributed by atoms with Crippen molar-refractivity contribution in [1.82, 2.24) is 20.5 Å². The number of carbonyl (C=O) groups excluding carboxylic acids is 1. The van der Waals surface area contributed by atoms with Gasteiger partial charge in [0.2, 0.25) is 5.91 Å². The Morgan fingerprint density at radius 2 is 2.32 bits per heavy atom. The molecule has 0 bridgehead atoms. The zero-order valence-corrected chi connectivity index (χ0v) is 11.8. The molecule has 0 radical (unpaired) electrons. The summed E-state index contributed by atoms with van der Waals surface area (Å²) in [4.78, 5) is 15.9. The zero-order chi connectivity index (χ0) is 13.7. The predicted octanol–water partition coefficient (Wildman–Crippen LogP) is 2.26. The van der Waals surface area contributed by atoms with Crippen LogP contribution in [-0.4, -0.2) is 26.3 Å². The van der Waals surface area contributed by atoms with Gasteiger partial charge in [0.05, 0.1) is 5.25 Å². The molecular formula is C12H13ClN4OS. The molecule has 2 N–H and O–H groups in total. The molecule has 0 saturated heterocycles. The second-order valence-electron chi connectivity index (χ2n) is 3.86.